The smallest absolute Gasteiger partial charge is 0.249 e. The second-order valence-corrected chi connectivity index (χ2v) is 15.1. The number of rotatable bonds is 19. The van der Waals surface area contributed by atoms with Gasteiger partial charge < -0.3 is 25.9 Å². The molecule has 0 bridgehead atoms. The Morgan fingerprint density at radius 3 is 2.00 bits per heavy atom. The molecule has 0 saturated carbocycles. The van der Waals surface area contributed by atoms with Crippen molar-refractivity contribution in [2.75, 3.05) is 0 Å². The zero-order valence-electron chi connectivity index (χ0n) is 28.5. The molecule has 2 aromatic rings. The molecule has 3 N–H and O–H groups in total. The van der Waals surface area contributed by atoms with Crippen LogP contribution in [0.15, 0.2) is 49.1 Å². The summed E-state index contributed by atoms with van der Waals surface area (Å²) in [5, 5.41) is 13.6. The topological polar surface area (TPSA) is 124 Å². The summed E-state index contributed by atoms with van der Waals surface area (Å²) in [4.78, 5) is 37.2. The molecule has 4 atom stereocenters. The van der Waals surface area contributed by atoms with Crippen LogP contribution in [-0.2, 0) is 28.0 Å². The van der Waals surface area contributed by atoms with Gasteiger partial charge in [-0.1, -0.05) is 114 Å². The standard InChI is InChI=1S/C20H39N2.C16H19N3O4S/c1-3-4-5-6-7-8-9-10-11-12-13-14-15-16-17-22-19-18-21(2)20-22;1-16(2)11(15(22)23)19-13(21)10(14(19)24-16)18-12(20)9(17)8-6-4-3-5-7-8/h18-20H,3-17H2,1-2H3;3-7,9-11,14H,17H2,1-2H3,(H,18,20)(H,22,23)/q+1;/p-1/t;9-,10-,11+,14-/m.1/s1. The summed E-state index contributed by atoms with van der Waals surface area (Å²) in [5.74, 6) is -2.16. The third-order valence-corrected chi connectivity index (χ3v) is 10.6. The third kappa shape index (κ3) is 11.1. The zero-order chi connectivity index (χ0) is 33.5. The van der Waals surface area contributed by atoms with Gasteiger partial charge in [0.25, 0.3) is 0 Å². The van der Waals surface area contributed by atoms with Crippen molar-refractivity contribution < 1.29 is 24.1 Å². The van der Waals surface area contributed by atoms with Gasteiger partial charge in [-0.3, -0.25) is 9.59 Å². The number of aromatic nitrogens is 2. The Balaban J connectivity index is 0.000000252. The van der Waals surface area contributed by atoms with Crippen LogP contribution in [0.4, 0.5) is 0 Å². The largest absolute Gasteiger partial charge is 0.548 e. The summed E-state index contributed by atoms with van der Waals surface area (Å²) >= 11 is 1.34. The van der Waals surface area contributed by atoms with Crippen LogP contribution in [0.2, 0.25) is 0 Å². The van der Waals surface area contributed by atoms with Crippen molar-refractivity contribution in [3.05, 3.63) is 54.6 Å². The lowest BCUT2D eigenvalue weighted by Crippen LogP contribution is -2.72. The summed E-state index contributed by atoms with van der Waals surface area (Å²) in [6.07, 6.45) is 26.5. The number of nitrogens with one attached hydrogen (secondary N) is 1. The highest BCUT2D eigenvalue weighted by Crippen LogP contribution is 2.50. The van der Waals surface area contributed by atoms with E-state index in [2.05, 4.69) is 47.1 Å². The van der Waals surface area contributed by atoms with Gasteiger partial charge in [0.05, 0.1) is 25.6 Å². The van der Waals surface area contributed by atoms with Gasteiger partial charge in [0.1, 0.15) is 29.9 Å². The average Bonchev–Trinajstić information content (AvgIpc) is 3.57. The number of β-lactam (4-membered cyclic amide) rings is 1. The number of carbonyl (C=O) groups excluding carboxylic acids is 3. The molecule has 0 unspecified atom stereocenters. The lowest BCUT2D eigenvalue weighted by Gasteiger charge is -2.45. The van der Waals surface area contributed by atoms with E-state index in [0.29, 0.717) is 5.56 Å². The number of carboxylic acids is 1. The molecule has 1 aromatic carbocycles. The van der Waals surface area contributed by atoms with E-state index in [4.69, 9.17) is 5.73 Å². The normalized spacial score (nSPS) is 20.3. The number of benzene rings is 1. The lowest BCUT2D eigenvalue weighted by atomic mass is 9.95. The van der Waals surface area contributed by atoms with E-state index in [1.54, 1.807) is 38.1 Å². The zero-order valence-corrected chi connectivity index (χ0v) is 29.3. The quantitative estimate of drug-likeness (QED) is 0.128. The summed E-state index contributed by atoms with van der Waals surface area (Å²) in [7, 11) is 2.09. The monoisotopic (exact) mass is 655 g/mol. The van der Waals surface area contributed by atoms with Crippen LogP contribution in [0.3, 0.4) is 0 Å². The Kier molecular flexibility index (Phi) is 15.6. The minimum absolute atomic E-state index is 0.415. The SMILES string of the molecule is CC1(C)S[C@@H]2[C@H](NC(=O)[C@H](N)c3ccccc3)C(=O)N2[C@H]1C(=O)[O-].CCCCCCCCCCCCCCCCn1cc[n+](C)c1. The van der Waals surface area contributed by atoms with E-state index in [1.807, 2.05) is 6.07 Å². The highest BCUT2D eigenvalue weighted by Gasteiger charge is 2.62. The fourth-order valence-corrected chi connectivity index (χ4v) is 7.92. The van der Waals surface area contributed by atoms with E-state index >= 15 is 0 Å². The fourth-order valence-electron chi connectivity index (χ4n) is 6.30. The van der Waals surface area contributed by atoms with E-state index in [0.717, 1.165) is 0 Å². The number of carbonyl (C=O) groups is 3. The first kappa shape index (κ1) is 37.6. The summed E-state index contributed by atoms with van der Waals surface area (Å²) in [6.45, 7) is 6.97. The first-order chi connectivity index (χ1) is 22.1. The summed E-state index contributed by atoms with van der Waals surface area (Å²) in [5.41, 5.74) is 6.57. The minimum Gasteiger partial charge on any atom is -0.548 e. The number of amides is 2. The van der Waals surface area contributed by atoms with Crippen LogP contribution >= 0.6 is 11.8 Å². The molecule has 46 heavy (non-hydrogen) atoms. The van der Waals surface area contributed by atoms with E-state index in [1.165, 1.54) is 113 Å². The summed E-state index contributed by atoms with van der Waals surface area (Å²) in [6, 6.07) is 6.19. The predicted molar refractivity (Wildman–Crippen MR) is 182 cm³/mol. The van der Waals surface area contributed by atoms with E-state index in [-0.39, 0.29) is 0 Å². The number of imidazole rings is 1. The van der Waals surface area contributed by atoms with Crippen LogP contribution in [-0.4, -0.2) is 49.5 Å². The molecule has 2 amide bonds. The minimum atomic E-state index is -1.28. The Morgan fingerprint density at radius 2 is 1.50 bits per heavy atom. The summed E-state index contributed by atoms with van der Waals surface area (Å²) < 4.78 is 3.73. The van der Waals surface area contributed by atoms with E-state index in [9.17, 15) is 19.5 Å². The van der Waals surface area contributed by atoms with Gasteiger partial charge in [0, 0.05) is 4.75 Å². The molecule has 256 valence electrons. The maximum Gasteiger partial charge on any atom is 0.249 e. The van der Waals surface area contributed by atoms with Crippen molar-refractivity contribution in [3.63, 3.8) is 0 Å². The number of carboxylic acid groups (broad SMARTS) is 1. The van der Waals surface area contributed by atoms with Crippen LogP contribution in [0.1, 0.15) is 122 Å². The molecule has 10 heteroatoms. The number of hydrogen-bond acceptors (Lipinski definition) is 6. The fraction of sp³-hybridized carbons (Fsp3) is 0.667. The molecule has 0 spiro atoms. The Morgan fingerprint density at radius 1 is 0.957 bits per heavy atom. The van der Waals surface area contributed by atoms with Crippen molar-refractivity contribution in [2.45, 2.75) is 145 Å². The number of aryl methyl sites for hydroxylation is 2. The van der Waals surface area contributed by atoms with Crippen LogP contribution < -0.4 is 20.7 Å². The lowest BCUT2D eigenvalue weighted by molar-refractivity contribution is -0.671. The Labute approximate surface area is 280 Å². The van der Waals surface area contributed by atoms with Crippen molar-refractivity contribution in [3.8, 4) is 0 Å². The second-order valence-electron chi connectivity index (χ2n) is 13.4. The Bertz CT molecular complexity index is 1220. The molecule has 2 saturated heterocycles. The second kappa shape index (κ2) is 19.1. The van der Waals surface area contributed by atoms with Crippen molar-refractivity contribution >= 4 is 29.5 Å². The average molecular weight is 656 g/mol. The molecule has 2 fully saturated rings. The Hall–Kier alpha value is -2.85. The van der Waals surface area contributed by atoms with E-state index < -0.39 is 46.0 Å². The molecule has 2 aliphatic heterocycles. The first-order valence-corrected chi connectivity index (χ1v) is 18.3. The maximum absolute atomic E-state index is 12.3. The number of nitrogens with two attached hydrogens (primary N) is 1. The van der Waals surface area contributed by atoms with Gasteiger partial charge >= 0.3 is 0 Å². The van der Waals surface area contributed by atoms with Crippen molar-refractivity contribution in [2.24, 2.45) is 12.8 Å². The third-order valence-electron chi connectivity index (χ3n) is 9.00. The predicted octanol–water partition coefficient (Wildman–Crippen LogP) is 4.78. The van der Waals surface area contributed by atoms with Crippen LogP contribution in [0.5, 0.6) is 0 Å². The first-order valence-electron chi connectivity index (χ1n) is 17.4. The van der Waals surface area contributed by atoms with Crippen LogP contribution in [0.25, 0.3) is 0 Å². The molecule has 3 heterocycles. The van der Waals surface area contributed by atoms with Gasteiger partial charge in [-0.2, -0.15) is 0 Å². The molecule has 0 radical (unpaired) electrons. The molecular formula is C36H57N5O4S. The molecular weight excluding hydrogens is 598 g/mol. The number of unbranched alkanes of at least 4 members (excludes halogenated alkanes) is 13. The molecule has 0 aliphatic carbocycles. The van der Waals surface area contributed by atoms with Gasteiger partial charge in [0.15, 0.2) is 0 Å². The highest BCUT2D eigenvalue weighted by atomic mass is 32.2. The molecule has 4 rings (SSSR count). The number of hydrogen-bond donors (Lipinski definition) is 2. The number of aliphatic carboxylic acids is 1. The van der Waals surface area contributed by atoms with Gasteiger partial charge in [0.2, 0.25) is 18.1 Å². The highest BCUT2D eigenvalue weighted by molar-refractivity contribution is 8.01. The molecule has 9 nitrogen and oxygen atoms in total. The number of thioether (sulfide) groups is 1. The van der Waals surface area contributed by atoms with Crippen molar-refractivity contribution in [1.82, 2.24) is 14.8 Å². The van der Waals surface area contributed by atoms with Gasteiger partial charge in [-0.05, 0) is 32.3 Å². The van der Waals surface area contributed by atoms with Crippen LogP contribution in [0, 0.1) is 0 Å². The van der Waals surface area contributed by atoms with Gasteiger partial charge in [-0.15, -0.1) is 11.8 Å². The van der Waals surface area contributed by atoms with Crippen molar-refractivity contribution in [1.29, 1.82) is 0 Å². The molecule has 2 aliphatic rings. The maximum atomic E-state index is 12.3. The van der Waals surface area contributed by atoms with Gasteiger partial charge in [-0.25, -0.2) is 9.13 Å². The number of nitrogens with zero attached hydrogens (tertiary/aromatic N) is 3. The molecule has 1 aromatic heterocycles. The number of fused-ring (bicyclic) bond motifs is 1.